The van der Waals surface area contributed by atoms with Crippen molar-refractivity contribution in [3.05, 3.63) is 64.6 Å². The van der Waals surface area contributed by atoms with Crippen LogP contribution in [0.25, 0.3) is 5.57 Å². The van der Waals surface area contributed by atoms with Crippen molar-refractivity contribution in [2.45, 2.75) is 60.3 Å². The molecule has 1 heterocycles. The number of hydrogen-bond acceptors (Lipinski definition) is 3. The Labute approximate surface area is 173 Å². The molecule has 29 heavy (non-hydrogen) atoms. The number of hydrogen-bond donors (Lipinski definition) is 0. The number of allylic oxidation sites excluding steroid dienone is 6. The number of benzene rings is 1. The first-order chi connectivity index (χ1) is 13.6. The fourth-order valence-electron chi connectivity index (χ4n) is 4.94. The molecule has 0 amide bonds. The Hall–Kier alpha value is -2.42. The third kappa shape index (κ3) is 3.75. The van der Waals surface area contributed by atoms with E-state index >= 15 is 0 Å². The van der Waals surface area contributed by atoms with Crippen LogP contribution in [-0.2, 0) is 14.3 Å². The van der Waals surface area contributed by atoms with Crippen molar-refractivity contribution in [3.63, 3.8) is 0 Å². The van der Waals surface area contributed by atoms with Crippen LogP contribution in [0, 0.1) is 16.7 Å². The van der Waals surface area contributed by atoms with Crippen molar-refractivity contribution in [1.29, 1.82) is 0 Å². The molecule has 1 aromatic rings. The summed E-state index contributed by atoms with van der Waals surface area (Å²) in [5.41, 5.74) is 3.34. The Kier molecular flexibility index (Phi) is 4.68. The van der Waals surface area contributed by atoms with E-state index in [0.717, 1.165) is 35.5 Å². The Morgan fingerprint density at radius 2 is 1.34 bits per heavy atom. The maximum Gasteiger partial charge on any atom is 0.163 e. The van der Waals surface area contributed by atoms with Gasteiger partial charge in [0.15, 0.2) is 11.6 Å². The second-order valence-electron chi connectivity index (χ2n) is 10.4. The van der Waals surface area contributed by atoms with Gasteiger partial charge in [0.25, 0.3) is 0 Å². The molecule has 3 heteroatoms. The van der Waals surface area contributed by atoms with Crippen LogP contribution in [-0.4, -0.2) is 11.6 Å². The molecule has 1 aliphatic heterocycles. The average Bonchev–Trinajstić information content (AvgIpc) is 2.59. The quantitative estimate of drug-likeness (QED) is 0.620. The van der Waals surface area contributed by atoms with Gasteiger partial charge in [-0.25, -0.2) is 0 Å². The highest BCUT2D eigenvalue weighted by molar-refractivity contribution is 6.05. The summed E-state index contributed by atoms with van der Waals surface area (Å²) in [6, 6.07) is 10.1. The van der Waals surface area contributed by atoms with Crippen molar-refractivity contribution in [3.8, 4) is 0 Å². The highest BCUT2D eigenvalue weighted by atomic mass is 16.5. The largest absolute Gasteiger partial charge is 0.465 e. The van der Waals surface area contributed by atoms with Gasteiger partial charge in [-0.2, -0.15) is 0 Å². The molecule has 0 saturated heterocycles. The molecule has 0 spiro atoms. The lowest BCUT2D eigenvalue weighted by Crippen LogP contribution is -2.38. The van der Waals surface area contributed by atoms with Crippen molar-refractivity contribution in [1.82, 2.24) is 0 Å². The van der Waals surface area contributed by atoms with E-state index in [1.54, 1.807) is 0 Å². The summed E-state index contributed by atoms with van der Waals surface area (Å²) in [6.07, 6.45) is 4.55. The van der Waals surface area contributed by atoms with Gasteiger partial charge in [-0.15, -0.1) is 0 Å². The maximum atomic E-state index is 13.2. The average molecular weight is 391 g/mol. The molecule has 4 rings (SSSR count). The van der Waals surface area contributed by atoms with Crippen molar-refractivity contribution in [2.75, 3.05) is 0 Å². The van der Waals surface area contributed by atoms with Gasteiger partial charge in [0.05, 0.1) is 0 Å². The Morgan fingerprint density at radius 3 is 1.83 bits per heavy atom. The predicted molar refractivity (Wildman–Crippen MR) is 115 cm³/mol. The van der Waals surface area contributed by atoms with Crippen LogP contribution < -0.4 is 0 Å². The van der Waals surface area contributed by atoms with Gasteiger partial charge in [0, 0.05) is 42.7 Å². The van der Waals surface area contributed by atoms with Crippen LogP contribution >= 0.6 is 0 Å². The van der Waals surface area contributed by atoms with E-state index in [9.17, 15) is 9.59 Å². The minimum absolute atomic E-state index is 0.113. The lowest BCUT2D eigenvalue weighted by Gasteiger charge is -2.42. The zero-order valence-corrected chi connectivity index (χ0v) is 18.1. The minimum Gasteiger partial charge on any atom is -0.465 e. The number of ether oxygens (including phenoxy) is 1. The molecular formula is C26H30O3. The van der Waals surface area contributed by atoms with E-state index in [4.69, 9.17) is 4.74 Å². The lowest BCUT2D eigenvalue weighted by molar-refractivity contribution is -0.120. The Balaban J connectivity index is 1.86. The first kappa shape index (κ1) is 19.9. The number of carbonyl (C=O) groups excluding carboxylic acids is 2. The summed E-state index contributed by atoms with van der Waals surface area (Å²) in [7, 11) is 0. The predicted octanol–water partition coefficient (Wildman–Crippen LogP) is 6.02. The molecular weight excluding hydrogens is 360 g/mol. The van der Waals surface area contributed by atoms with Crippen molar-refractivity contribution in [2.24, 2.45) is 16.7 Å². The summed E-state index contributed by atoms with van der Waals surface area (Å²) in [5.74, 6) is 1.47. The second kappa shape index (κ2) is 6.83. The van der Waals surface area contributed by atoms with E-state index in [1.807, 2.05) is 18.2 Å². The standard InChI is InChI=1S/C26H30O3/c1-16(17-9-7-6-8-10-17)11-18-23-19(27)12-25(2,3)14-21(23)29-22-15-26(4,5)13-20(28)24(18)22/h6-11,18H,12-15H2,1-5H3/b16-11+. The Bertz CT molecular complexity index is 918. The molecule has 0 fully saturated rings. The van der Waals surface area contributed by atoms with Crippen LogP contribution in [0.5, 0.6) is 0 Å². The van der Waals surface area contributed by atoms with E-state index in [-0.39, 0.29) is 28.3 Å². The zero-order chi connectivity index (χ0) is 21.0. The van der Waals surface area contributed by atoms with Gasteiger partial charge in [0.1, 0.15) is 11.5 Å². The molecule has 0 aromatic heterocycles. The van der Waals surface area contributed by atoms with Gasteiger partial charge in [-0.3, -0.25) is 9.59 Å². The van der Waals surface area contributed by atoms with Crippen molar-refractivity contribution < 1.29 is 14.3 Å². The van der Waals surface area contributed by atoms with Crippen LogP contribution in [0.2, 0.25) is 0 Å². The third-order valence-corrected chi connectivity index (χ3v) is 6.27. The molecule has 1 aromatic carbocycles. The van der Waals surface area contributed by atoms with Crippen LogP contribution in [0.15, 0.2) is 59.1 Å². The van der Waals surface area contributed by atoms with E-state index < -0.39 is 0 Å². The molecule has 0 bridgehead atoms. The van der Waals surface area contributed by atoms with Crippen LogP contribution in [0.3, 0.4) is 0 Å². The summed E-state index contributed by atoms with van der Waals surface area (Å²) in [6.45, 7) is 10.5. The molecule has 0 saturated carbocycles. The summed E-state index contributed by atoms with van der Waals surface area (Å²) >= 11 is 0. The van der Waals surface area contributed by atoms with Crippen molar-refractivity contribution >= 4 is 17.1 Å². The number of ketones is 2. The SMILES string of the molecule is C/C(=C\C1C2=C(CC(C)(C)CC2=O)OC2=C1C(=O)CC(C)(C)C2)c1ccccc1. The number of carbonyl (C=O) groups is 2. The van der Waals surface area contributed by atoms with E-state index in [2.05, 4.69) is 52.8 Å². The topological polar surface area (TPSA) is 43.4 Å². The summed E-state index contributed by atoms with van der Waals surface area (Å²) < 4.78 is 6.31. The first-order valence-electron chi connectivity index (χ1n) is 10.5. The molecule has 0 N–H and O–H groups in total. The summed E-state index contributed by atoms with van der Waals surface area (Å²) in [5, 5.41) is 0. The van der Waals surface area contributed by atoms with E-state index in [0.29, 0.717) is 24.0 Å². The monoisotopic (exact) mass is 390 g/mol. The minimum atomic E-state index is -0.304. The van der Waals surface area contributed by atoms with E-state index in [1.165, 1.54) is 0 Å². The molecule has 2 aliphatic carbocycles. The maximum absolute atomic E-state index is 13.2. The molecule has 0 radical (unpaired) electrons. The molecule has 3 nitrogen and oxygen atoms in total. The first-order valence-corrected chi connectivity index (χ1v) is 10.5. The van der Waals surface area contributed by atoms with Crippen LogP contribution in [0.4, 0.5) is 0 Å². The highest BCUT2D eigenvalue weighted by Gasteiger charge is 2.46. The fraction of sp³-hybridized carbons (Fsp3) is 0.462. The lowest BCUT2D eigenvalue weighted by atomic mass is 9.67. The Morgan fingerprint density at radius 1 is 0.862 bits per heavy atom. The molecule has 0 atom stereocenters. The highest BCUT2D eigenvalue weighted by Crippen LogP contribution is 2.51. The normalized spacial score (nSPS) is 24.2. The second-order valence-corrected chi connectivity index (χ2v) is 10.4. The zero-order valence-electron chi connectivity index (χ0n) is 18.1. The number of Topliss-reactive ketones (excluding diaryl/α,β-unsaturated/α-hetero) is 2. The smallest absolute Gasteiger partial charge is 0.163 e. The summed E-state index contributed by atoms with van der Waals surface area (Å²) in [4.78, 5) is 26.4. The van der Waals surface area contributed by atoms with Gasteiger partial charge >= 0.3 is 0 Å². The van der Waals surface area contributed by atoms with Crippen LogP contribution in [0.1, 0.15) is 65.9 Å². The van der Waals surface area contributed by atoms with Gasteiger partial charge in [0.2, 0.25) is 0 Å². The van der Waals surface area contributed by atoms with Gasteiger partial charge < -0.3 is 4.74 Å². The molecule has 152 valence electrons. The number of rotatable bonds is 2. The molecule has 3 aliphatic rings. The molecule has 0 unspecified atom stereocenters. The third-order valence-electron chi connectivity index (χ3n) is 6.27. The van der Waals surface area contributed by atoms with Gasteiger partial charge in [-0.05, 0) is 28.9 Å². The fourth-order valence-corrected chi connectivity index (χ4v) is 4.94. The van der Waals surface area contributed by atoms with Gasteiger partial charge in [-0.1, -0.05) is 64.1 Å².